The molecule has 1 amide bonds. The molecule has 0 unspecified atom stereocenters. The van der Waals surface area contributed by atoms with E-state index in [9.17, 15) is 4.79 Å². The van der Waals surface area contributed by atoms with Gasteiger partial charge in [-0.15, -0.1) is 0 Å². The Morgan fingerprint density at radius 2 is 1.93 bits per heavy atom. The van der Waals surface area contributed by atoms with Gasteiger partial charge in [-0.25, -0.2) is 0 Å². The van der Waals surface area contributed by atoms with Gasteiger partial charge in [-0.2, -0.15) is 0 Å². The number of carbonyl (C=O) groups is 1. The topological polar surface area (TPSA) is 47.6 Å². The number of rotatable bonds is 9. The number of ether oxygens (including phenoxy) is 2. The summed E-state index contributed by atoms with van der Waals surface area (Å²) >= 11 is 6.06. The van der Waals surface area contributed by atoms with Gasteiger partial charge in [0.05, 0.1) is 6.61 Å². The first-order valence-electron chi connectivity index (χ1n) is 9.40. The lowest BCUT2D eigenvalue weighted by atomic mass is 10.1. The van der Waals surface area contributed by atoms with Gasteiger partial charge in [0.2, 0.25) is 0 Å². The van der Waals surface area contributed by atoms with Crippen molar-refractivity contribution >= 4 is 17.5 Å². The molecule has 0 heterocycles. The molecule has 4 nitrogen and oxygen atoms in total. The van der Waals surface area contributed by atoms with E-state index < -0.39 is 0 Å². The maximum absolute atomic E-state index is 12.5. The lowest BCUT2D eigenvalue weighted by Crippen LogP contribution is -2.32. The van der Waals surface area contributed by atoms with Crippen LogP contribution in [0.25, 0.3) is 0 Å². The summed E-state index contributed by atoms with van der Waals surface area (Å²) in [6, 6.07) is 11.1. The number of carbonyl (C=O) groups excluding carboxylic acids is 1. The minimum atomic E-state index is -0.0809. The van der Waals surface area contributed by atoms with Crippen LogP contribution in [0.5, 0.6) is 11.5 Å². The standard InChI is InChI=1S/C22H28ClNO3/c1-5-7-16(4)24-22(25)17-8-11-21(26-6-2)18(13-17)14-27-19-9-10-20(23)15(3)12-19/h8-13,16H,5-7,14H2,1-4H3,(H,24,25)/t16-/m0/s1. The van der Waals surface area contributed by atoms with Gasteiger partial charge in [0, 0.05) is 22.2 Å². The number of hydrogen-bond acceptors (Lipinski definition) is 3. The fourth-order valence-electron chi connectivity index (χ4n) is 2.81. The Bertz CT molecular complexity index is 776. The molecule has 146 valence electrons. The molecule has 0 aliphatic rings. The molecule has 2 aromatic carbocycles. The van der Waals surface area contributed by atoms with Crippen LogP contribution in [0.2, 0.25) is 5.02 Å². The summed E-state index contributed by atoms with van der Waals surface area (Å²) in [5.74, 6) is 1.37. The largest absolute Gasteiger partial charge is 0.493 e. The smallest absolute Gasteiger partial charge is 0.251 e. The van der Waals surface area contributed by atoms with Gasteiger partial charge in [0.25, 0.3) is 5.91 Å². The molecule has 5 heteroatoms. The predicted molar refractivity (Wildman–Crippen MR) is 110 cm³/mol. The highest BCUT2D eigenvalue weighted by atomic mass is 35.5. The second-order valence-corrected chi connectivity index (χ2v) is 7.03. The van der Waals surface area contributed by atoms with Crippen molar-refractivity contribution in [2.24, 2.45) is 0 Å². The molecule has 0 aliphatic heterocycles. The van der Waals surface area contributed by atoms with Crippen LogP contribution in [0.3, 0.4) is 0 Å². The molecule has 0 spiro atoms. The number of halogens is 1. The lowest BCUT2D eigenvalue weighted by Gasteiger charge is -2.16. The fraction of sp³-hybridized carbons (Fsp3) is 0.409. The van der Waals surface area contributed by atoms with Crippen LogP contribution in [0.15, 0.2) is 36.4 Å². The van der Waals surface area contributed by atoms with Crippen molar-refractivity contribution in [3.63, 3.8) is 0 Å². The minimum Gasteiger partial charge on any atom is -0.493 e. The zero-order valence-electron chi connectivity index (χ0n) is 16.5. The summed E-state index contributed by atoms with van der Waals surface area (Å²) in [5, 5.41) is 3.73. The summed E-state index contributed by atoms with van der Waals surface area (Å²) in [4.78, 5) is 12.5. The molecule has 0 radical (unpaired) electrons. The van der Waals surface area contributed by atoms with Gasteiger partial charge in [-0.1, -0.05) is 24.9 Å². The van der Waals surface area contributed by atoms with E-state index in [0.29, 0.717) is 23.8 Å². The number of benzene rings is 2. The third kappa shape index (κ3) is 6.17. The second kappa shape index (κ2) is 10.2. The van der Waals surface area contributed by atoms with Crippen molar-refractivity contribution in [3.8, 4) is 11.5 Å². The van der Waals surface area contributed by atoms with Crippen molar-refractivity contribution in [2.45, 2.75) is 53.2 Å². The Labute approximate surface area is 166 Å². The van der Waals surface area contributed by atoms with E-state index in [2.05, 4.69) is 12.2 Å². The lowest BCUT2D eigenvalue weighted by molar-refractivity contribution is 0.0938. The Kier molecular flexibility index (Phi) is 7.99. The zero-order valence-corrected chi connectivity index (χ0v) is 17.2. The summed E-state index contributed by atoms with van der Waals surface area (Å²) in [7, 11) is 0. The molecule has 2 rings (SSSR count). The Balaban J connectivity index is 2.16. The summed E-state index contributed by atoms with van der Waals surface area (Å²) in [6.45, 7) is 8.84. The van der Waals surface area contributed by atoms with Crippen LogP contribution in [-0.2, 0) is 6.61 Å². The SMILES string of the molecule is CCC[C@H](C)NC(=O)c1ccc(OCC)c(COc2ccc(Cl)c(C)c2)c1. The van der Waals surface area contributed by atoms with Crippen LogP contribution >= 0.6 is 11.6 Å². The first kappa shape index (κ1) is 21.1. The normalized spacial score (nSPS) is 11.7. The van der Waals surface area contributed by atoms with Gasteiger partial charge >= 0.3 is 0 Å². The summed E-state index contributed by atoms with van der Waals surface area (Å²) < 4.78 is 11.6. The van der Waals surface area contributed by atoms with E-state index in [-0.39, 0.29) is 11.9 Å². The molecule has 0 fully saturated rings. The summed E-state index contributed by atoms with van der Waals surface area (Å²) in [5.41, 5.74) is 2.39. The van der Waals surface area contributed by atoms with Gasteiger partial charge in [-0.05, 0) is 69.2 Å². The van der Waals surface area contributed by atoms with Crippen LogP contribution in [0.1, 0.15) is 55.1 Å². The van der Waals surface area contributed by atoms with Crippen LogP contribution in [-0.4, -0.2) is 18.6 Å². The van der Waals surface area contributed by atoms with Crippen molar-refractivity contribution in [3.05, 3.63) is 58.1 Å². The van der Waals surface area contributed by atoms with Gasteiger partial charge < -0.3 is 14.8 Å². The average Bonchev–Trinajstić information content (AvgIpc) is 2.64. The second-order valence-electron chi connectivity index (χ2n) is 6.62. The Hall–Kier alpha value is -2.20. The molecule has 0 bridgehead atoms. The van der Waals surface area contributed by atoms with Gasteiger partial charge in [-0.3, -0.25) is 4.79 Å². The maximum Gasteiger partial charge on any atom is 0.251 e. The number of amides is 1. The number of aryl methyl sites for hydroxylation is 1. The molecular formula is C22H28ClNO3. The third-order valence-corrected chi connectivity index (χ3v) is 4.67. The fourth-order valence-corrected chi connectivity index (χ4v) is 2.93. The zero-order chi connectivity index (χ0) is 19.8. The molecule has 0 aromatic heterocycles. The van der Waals surface area contributed by atoms with E-state index >= 15 is 0 Å². The van der Waals surface area contributed by atoms with Gasteiger partial charge in [0.1, 0.15) is 18.1 Å². The van der Waals surface area contributed by atoms with Crippen molar-refractivity contribution in [1.82, 2.24) is 5.32 Å². The molecule has 0 saturated heterocycles. The van der Waals surface area contributed by atoms with Crippen LogP contribution in [0.4, 0.5) is 0 Å². The average molecular weight is 390 g/mol. The molecular weight excluding hydrogens is 362 g/mol. The maximum atomic E-state index is 12.5. The molecule has 0 saturated carbocycles. The Morgan fingerprint density at radius 3 is 2.59 bits per heavy atom. The number of nitrogens with one attached hydrogen (secondary N) is 1. The highest BCUT2D eigenvalue weighted by Gasteiger charge is 2.13. The highest BCUT2D eigenvalue weighted by molar-refractivity contribution is 6.31. The molecule has 2 aromatic rings. The quantitative estimate of drug-likeness (QED) is 0.612. The van der Waals surface area contributed by atoms with Crippen LogP contribution in [0, 0.1) is 6.92 Å². The molecule has 1 N–H and O–H groups in total. The molecule has 1 atom stereocenters. The van der Waals surface area contributed by atoms with E-state index in [1.165, 1.54) is 0 Å². The monoisotopic (exact) mass is 389 g/mol. The molecule has 0 aliphatic carbocycles. The van der Waals surface area contributed by atoms with E-state index in [1.54, 1.807) is 6.07 Å². The predicted octanol–water partition coefficient (Wildman–Crippen LogP) is 5.54. The van der Waals surface area contributed by atoms with Crippen molar-refractivity contribution in [2.75, 3.05) is 6.61 Å². The summed E-state index contributed by atoms with van der Waals surface area (Å²) in [6.07, 6.45) is 1.99. The minimum absolute atomic E-state index is 0.0809. The molecule has 27 heavy (non-hydrogen) atoms. The highest BCUT2D eigenvalue weighted by Crippen LogP contribution is 2.25. The number of hydrogen-bond donors (Lipinski definition) is 1. The van der Waals surface area contributed by atoms with Crippen molar-refractivity contribution in [1.29, 1.82) is 0 Å². The van der Waals surface area contributed by atoms with E-state index in [4.69, 9.17) is 21.1 Å². The van der Waals surface area contributed by atoms with E-state index in [1.807, 2.05) is 51.1 Å². The van der Waals surface area contributed by atoms with Crippen LogP contribution < -0.4 is 14.8 Å². The first-order valence-corrected chi connectivity index (χ1v) is 9.77. The van der Waals surface area contributed by atoms with E-state index in [0.717, 1.165) is 35.5 Å². The Morgan fingerprint density at radius 1 is 1.15 bits per heavy atom. The van der Waals surface area contributed by atoms with Gasteiger partial charge in [0.15, 0.2) is 0 Å². The first-order chi connectivity index (χ1) is 12.9. The third-order valence-electron chi connectivity index (χ3n) is 4.25. The van der Waals surface area contributed by atoms with Crippen molar-refractivity contribution < 1.29 is 14.3 Å².